The Labute approximate surface area is 159 Å². The first kappa shape index (κ1) is 18.9. The fourth-order valence-electron chi connectivity index (χ4n) is 3.05. The molecular weight excluding hydrogens is 373 g/mol. The number of halogens is 2. The van der Waals surface area contributed by atoms with Crippen molar-refractivity contribution < 1.29 is 23.8 Å². The first-order valence-corrected chi connectivity index (χ1v) is 8.69. The number of aromatic nitrogens is 1. The molecule has 1 heterocycles. The molecule has 0 aliphatic heterocycles. The first-order valence-electron chi connectivity index (χ1n) is 8.31. The molecule has 0 spiro atoms. The lowest BCUT2D eigenvalue weighted by molar-refractivity contribution is -0.142. The highest BCUT2D eigenvalue weighted by Crippen LogP contribution is 2.32. The van der Waals surface area contributed by atoms with Gasteiger partial charge in [0.2, 0.25) is 0 Å². The summed E-state index contributed by atoms with van der Waals surface area (Å²) in [6, 6.07) is 8.61. The molecule has 0 aliphatic carbocycles. The van der Waals surface area contributed by atoms with E-state index in [-0.39, 0.29) is 18.5 Å². The zero-order chi connectivity index (χ0) is 19.7. The molecule has 140 valence electrons. The van der Waals surface area contributed by atoms with E-state index in [2.05, 4.69) is 0 Å². The van der Waals surface area contributed by atoms with Gasteiger partial charge in [-0.1, -0.05) is 11.6 Å². The Balaban J connectivity index is 2.21. The predicted molar refractivity (Wildman–Crippen MR) is 99.8 cm³/mol. The van der Waals surface area contributed by atoms with E-state index in [1.807, 2.05) is 0 Å². The monoisotopic (exact) mass is 389 g/mol. The summed E-state index contributed by atoms with van der Waals surface area (Å²) in [6.07, 6.45) is -0.0951. The molecule has 3 aromatic rings. The number of hydrogen-bond donors (Lipinski definition) is 1. The van der Waals surface area contributed by atoms with Gasteiger partial charge in [0, 0.05) is 27.7 Å². The van der Waals surface area contributed by atoms with Gasteiger partial charge in [0.15, 0.2) is 11.6 Å². The average molecular weight is 390 g/mol. The van der Waals surface area contributed by atoms with Crippen LogP contribution in [0.15, 0.2) is 36.4 Å². The SMILES string of the molecule is CCOC(=O)Cc1c(C)n(C(=O)c2ccc(Cl)cc2)c2cc(F)c(O)cc12. The van der Waals surface area contributed by atoms with Gasteiger partial charge < -0.3 is 9.84 Å². The van der Waals surface area contributed by atoms with Crippen molar-refractivity contribution in [3.8, 4) is 5.75 Å². The Kier molecular flexibility index (Phi) is 5.19. The molecule has 7 heteroatoms. The number of rotatable bonds is 4. The molecule has 1 N–H and O–H groups in total. The van der Waals surface area contributed by atoms with Crippen LogP contribution < -0.4 is 0 Å². The second-order valence-electron chi connectivity index (χ2n) is 6.01. The number of fused-ring (bicyclic) bond motifs is 1. The minimum atomic E-state index is -0.854. The quantitative estimate of drug-likeness (QED) is 0.677. The summed E-state index contributed by atoms with van der Waals surface area (Å²) in [4.78, 5) is 25.0. The Morgan fingerprint density at radius 2 is 1.89 bits per heavy atom. The summed E-state index contributed by atoms with van der Waals surface area (Å²) in [5.41, 5.74) is 1.60. The molecule has 0 amide bonds. The number of hydrogen-bond acceptors (Lipinski definition) is 4. The van der Waals surface area contributed by atoms with Gasteiger partial charge in [0.25, 0.3) is 5.91 Å². The van der Waals surface area contributed by atoms with Crippen molar-refractivity contribution in [1.82, 2.24) is 4.57 Å². The summed E-state index contributed by atoms with van der Waals surface area (Å²) in [6.45, 7) is 3.58. The van der Waals surface area contributed by atoms with E-state index >= 15 is 0 Å². The Morgan fingerprint density at radius 1 is 1.22 bits per heavy atom. The molecule has 5 nitrogen and oxygen atoms in total. The van der Waals surface area contributed by atoms with E-state index in [1.54, 1.807) is 38.1 Å². The molecule has 0 fully saturated rings. The molecule has 2 aromatic carbocycles. The number of phenols is 1. The van der Waals surface area contributed by atoms with E-state index in [1.165, 1.54) is 10.6 Å². The van der Waals surface area contributed by atoms with E-state index < -0.39 is 23.4 Å². The molecule has 1 aromatic heterocycles. The number of phenolic OH excluding ortho intramolecular Hbond substituents is 1. The molecule has 0 aliphatic rings. The molecule has 0 bridgehead atoms. The number of esters is 1. The van der Waals surface area contributed by atoms with Crippen LogP contribution in [-0.4, -0.2) is 28.2 Å². The Morgan fingerprint density at radius 3 is 2.52 bits per heavy atom. The van der Waals surface area contributed by atoms with E-state index in [0.29, 0.717) is 27.2 Å². The molecule has 27 heavy (non-hydrogen) atoms. The van der Waals surface area contributed by atoms with Crippen molar-refractivity contribution >= 4 is 34.4 Å². The second-order valence-corrected chi connectivity index (χ2v) is 6.45. The highest BCUT2D eigenvalue weighted by Gasteiger charge is 2.23. The molecule has 0 radical (unpaired) electrons. The van der Waals surface area contributed by atoms with E-state index in [9.17, 15) is 19.1 Å². The Hall–Kier alpha value is -2.86. The number of ether oxygens (including phenoxy) is 1. The minimum Gasteiger partial charge on any atom is -0.505 e. The van der Waals surface area contributed by atoms with Gasteiger partial charge in [-0.2, -0.15) is 0 Å². The fraction of sp³-hybridized carbons (Fsp3) is 0.200. The zero-order valence-electron chi connectivity index (χ0n) is 14.8. The standard InChI is InChI=1S/C20H17ClFNO4/c1-3-27-19(25)9-14-11(2)23(17-10-16(22)18(24)8-15(14)17)20(26)12-4-6-13(21)7-5-12/h4-8,10,24H,3,9H2,1-2H3. The van der Waals surface area contributed by atoms with Crippen molar-refractivity contribution in [2.24, 2.45) is 0 Å². The second kappa shape index (κ2) is 7.40. The van der Waals surface area contributed by atoms with Gasteiger partial charge in [-0.25, -0.2) is 4.39 Å². The van der Waals surface area contributed by atoms with Gasteiger partial charge in [-0.3, -0.25) is 14.2 Å². The van der Waals surface area contributed by atoms with Crippen molar-refractivity contribution in [1.29, 1.82) is 0 Å². The number of benzene rings is 2. The summed E-state index contributed by atoms with van der Waals surface area (Å²) < 4.78 is 20.3. The van der Waals surface area contributed by atoms with Crippen LogP contribution in [0, 0.1) is 12.7 Å². The Bertz CT molecular complexity index is 1040. The van der Waals surface area contributed by atoms with Gasteiger partial charge in [-0.05, 0) is 49.7 Å². The van der Waals surface area contributed by atoms with Gasteiger partial charge >= 0.3 is 5.97 Å². The average Bonchev–Trinajstić information content (AvgIpc) is 2.87. The predicted octanol–water partition coefficient (Wildman–Crippen LogP) is 4.24. The minimum absolute atomic E-state index is 0.0951. The molecule has 0 unspecified atom stereocenters. The van der Waals surface area contributed by atoms with Crippen molar-refractivity contribution in [3.63, 3.8) is 0 Å². The van der Waals surface area contributed by atoms with E-state index in [4.69, 9.17) is 16.3 Å². The van der Waals surface area contributed by atoms with Crippen LogP contribution >= 0.6 is 11.6 Å². The third kappa shape index (κ3) is 3.53. The maximum atomic E-state index is 14.0. The lowest BCUT2D eigenvalue weighted by Gasteiger charge is -2.08. The van der Waals surface area contributed by atoms with Crippen LogP contribution in [0.3, 0.4) is 0 Å². The van der Waals surface area contributed by atoms with Crippen LogP contribution in [0.4, 0.5) is 4.39 Å². The summed E-state index contributed by atoms with van der Waals surface area (Å²) >= 11 is 5.87. The maximum absolute atomic E-state index is 14.0. The van der Waals surface area contributed by atoms with Crippen LogP contribution in [-0.2, 0) is 16.0 Å². The molecule has 0 atom stereocenters. The maximum Gasteiger partial charge on any atom is 0.310 e. The number of aromatic hydroxyl groups is 1. The molecule has 0 saturated heterocycles. The molecule has 3 rings (SSSR count). The highest BCUT2D eigenvalue weighted by molar-refractivity contribution is 6.30. The highest BCUT2D eigenvalue weighted by atomic mass is 35.5. The largest absolute Gasteiger partial charge is 0.505 e. The van der Waals surface area contributed by atoms with Gasteiger partial charge in [0.05, 0.1) is 18.5 Å². The van der Waals surface area contributed by atoms with Crippen LogP contribution in [0.1, 0.15) is 28.5 Å². The number of carbonyl (C=O) groups excluding carboxylic acids is 2. The number of nitrogens with zero attached hydrogens (tertiary/aromatic N) is 1. The van der Waals surface area contributed by atoms with Gasteiger partial charge in [0.1, 0.15) is 0 Å². The van der Waals surface area contributed by atoms with Crippen molar-refractivity contribution in [2.75, 3.05) is 6.61 Å². The van der Waals surface area contributed by atoms with Crippen LogP contribution in [0.2, 0.25) is 5.02 Å². The molecular formula is C20H17ClFNO4. The smallest absolute Gasteiger partial charge is 0.310 e. The topological polar surface area (TPSA) is 68.5 Å². The number of carbonyl (C=O) groups is 2. The normalized spacial score (nSPS) is 11.0. The first-order chi connectivity index (χ1) is 12.8. The summed E-state index contributed by atoms with van der Waals surface area (Å²) in [5.74, 6) is -2.27. The zero-order valence-corrected chi connectivity index (χ0v) is 15.5. The third-order valence-corrected chi connectivity index (χ3v) is 4.58. The lowest BCUT2D eigenvalue weighted by Crippen LogP contribution is -2.14. The summed E-state index contributed by atoms with van der Waals surface area (Å²) in [5, 5.41) is 10.7. The van der Waals surface area contributed by atoms with Gasteiger partial charge in [-0.15, -0.1) is 0 Å². The third-order valence-electron chi connectivity index (χ3n) is 4.32. The fourth-order valence-corrected chi connectivity index (χ4v) is 3.18. The summed E-state index contributed by atoms with van der Waals surface area (Å²) in [7, 11) is 0. The molecule has 0 saturated carbocycles. The van der Waals surface area contributed by atoms with Crippen LogP contribution in [0.5, 0.6) is 5.75 Å². The van der Waals surface area contributed by atoms with Crippen molar-refractivity contribution in [2.45, 2.75) is 20.3 Å². The van der Waals surface area contributed by atoms with Crippen molar-refractivity contribution in [3.05, 3.63) is 64.1 Å². The van der Waals surface area contributed by atoms with Crippen LogP contribution in [0.25, 0.3) is 10.9 Å². The van der Waals surface area contributed by atoms with E-state index in [0.717, 1.165) is 6.07 Å². The lowest BCUT2D eigenvalue weighted by atomic mass is 10.1.